The summed E-state index contributed by atoms with van der Waals surface area (Å²) in [6.45, 7) is 4.56. The van der Waals surface area contributed by atoms with Gasteiger partial charge in [-0.25, -0.2) is 0 Å². The summed E-state index contributed by atoms with van der Waals surface area (Å²) in [6, 6.07) is 14.2. The lowest BCUT2D eigenvalue weighted by Gasteiger charge is -2.48. The van der Waals surface area contributed by atoms with Gasteiger partial charge in [0.05, 0.1) is 5.92 Å². The minimum Gasteiger partial charge on any atom is -0.361 e. The maximum absolute atomic E-state index is 14.6. The summed E-state index contributed by atoms with van der Waals surface area (Å²) < 4.78 is 6.49. The van der Waals surface area contributed by atoms with E-state index < -0.39 is 41.5 Å². The number of carbonyl (C=O) groups excluding carboxylic acids is 3. The first kappa shape index (κ1) is 28.5. The normalized spacial score (nSPS) is 32.5. The van der Waals surface area contributed by atoms with Crippen molar-refractivity contribution in [2.75, 3.05) is 20.1 Å². The van der Waals surface area contributed by atoms with E-state index >= 15 is 0 Å². The van der Waals surface area contributed by atoms with Crippen LogP contribution in [0.15, 0.2) is 60.8 Å². The van der Waals surface area contributed by atoms with E-state index in [0.29, 0.717) is 25.9 Å². The third kappa shape index (κ3) is 4.01. The Morgan fingerprint density at radius 1 is 1.16 bits per heavy atom. The highest BCUT2D eigenvalue weighted by molar-refractivity contribution is 6.01. The van der Waals surface area contributed by atoms with Gasteiger partial charge in [-0.2, -0.15) is 0 Å². The number of hydrogen-bond acceptors (Lipinski definition) is 6. The first-order chi connectivity index (χ1) is 21.6. The van der Waals surface area contributed by atoms with Gasteiger partial charge in [0, 0.05) is 48.6 Å². The lowest BCUT2D eigenvalue weighted by Crippen LogP contribution is -2.71. The van der Waals surface area contributed by atoms with Gasteiger partial charge in [0.2, 0.25) is 17.5 Å². The SMILES string of the molecule is CC(C)[C@@]1(NC(=O)[C@H]2C=C3c4cccc5[nH]cc(c45)C[C@@H]3N(C)C2)O[C@@]2(O)[C@@H]3CCCN3C(=O)[C@H](Cc3ccccc3)N2C1=O. The minimum absolute atomic E-state index is 0.138. The summed E-state index contributed by atoms with van der Waals surface area (Å²) in [5.41, 5.74) is 3.59. The maximum Gasteiger partial charge on any atom is 0.281 e. The Bertz CT molecular complexity index is 1750. The highest BCUT2D eigenvalue weighted by Gasteiger charge is 2.72. The van der Waals surface area contributed by atoms with Crippen molar-refractivity contribution in [2.45, 2.75) is 69.3 Å². The van der Waals surface area contributed by atoms with E-state index in [4.69, 9.17) is 4.74 Å². The van der Waals surface area contributed by atoms with E-state index in [-0.39, 0.29) is 24.3 Å². The number of aliphatic hydroxyl groups is 1. The quantitative estimate of drug-likeness (QED) is 0.410. The molecular weight excluding hydrogens is 570 g/mol. The molecule has 0 spiro atoms. The monoisotopic (exact) mass is 609 g/mol. The Morgan fingerprint density at radius 3 is 2.73 bits per heavy atom. The van der Waals surface area contributed by atoms with Gasteiger partial charge in [-0.1, -0.05) is 62.4 Å². The molecule has 5 aliphatic rings. The molecule has 1 aromatic heterocycles. The van der Waals surface area contributed by atoms with Crippen LogP contribution in [0.25, 0.3) is 16.5 Å². The molecule has 3 fully saturated rings. The molecule has 234 valence electrons. The maximum atomic E-state index is 14.6. The summed E-state index contributed by atoms with van der Waals surface area (Å²) in [6.07, 6.45) is 6.40. The summed E-state index contributed by atoms with van der Waals surface area (Å²) in [5.74, 6) is -4.27. The van der Waals surface area contributed by atoms with Crippen molar-refractivity contribution in [3.8, 4) is 0 Å². The number of amides is 3. The van der Waals surface area contributed by atoms with Crippen molar-refractivity contribution >= 4 is 34.2 Å². The Balaban J connectivity index is 1.15. The van der Waals surface area contributed by atoms with Crippen LogP contribution in [-0.4, -0.2) is 92.4 Å². The van der Waals surface area contributed by atoms with Gasteiger partial charge < -0.3 is 20.3 Å². The molecule has 1 aliphatic carbocycles. The molecule has 45 heavy (non-hydrogen) atoms. The Kier molecular flexibility index (Phi) is 6.33. The minimum atomic E-state index is -2.06. The number of H-pyrrole nitrogens is 1. The average molecular weight is 610 g/mol. The fourth-order valence-corrected chi connectivity index (χ4v) is 8.47. The fraction of sp³-hybridized carbons (Fsp3) is 0.457. The zero-order chi connectivity index (χ0) is 31.2. The van der Waals surface area contributed by atoms with Crippen LogP contribution in [0.1, 0.15) is 43.4 Å². The van der Waals surface area contributed by atoms with Crippen LogP contribution < -0.4 is 5.32 Å². The van der Waals surface area contributed by atoms with E-state index in [1.807, 2.05) is 49.5 Å². The second-order valence-corrected chi connectivity index (χ2v) is 13.6. The van der Waals surface area contributed by atoms with Crippen molar-refractivity contribution in [1.29, 1.82) is 0 Å². The highest BCUT2D eigenvalue weighted by atomic mass is 16.7. The third-order valence-corrected chi connectivity index (χ3v) is 10.8. The Morgan fingerprint density at radius 2 is 1.96 bits per heavy atom. The van der Waals surface area contributed by atoms with E-state index in [9.17, 15) is 19.5 Å². The van der Waals surface area contributed by atoms with Crippen LogP contribution in [0.3, 0.4) is 0 Å². The second kappa shape index (κ2) is 10.0. The molecule has 10 nitrogen and oxygen atoms in total. The lowest BCUT2D eigenvalue weighted by atomic mass is 9.79. The van der Waals surface area contributed by atoms with Crippen molar-refractivity contribution in [2.24, 2.45) is 11.8 Å². The number of likely N-dealkylation sites (N-methyl/N-ethyl adjacent to an activating group) is 1. The molecule has 0 radical (unpaired) electrons. The molecule has 2 aromatic carbocycles. The molecular formula is C35H39N5O5. The van der Waals surface area contributed by atoms with Crippen LogP contribution in [0, 0.1) is 11.8 Å². The molecule has 8 rings (SSSR count). The van der Waals surface area contributed by atoms with E-state index in [0.717, 1.165) is 28.6 Å². The van der Waals surface area contributed by atoms with Gasteiger partial charge in [0.15, 0.2) is 0 Å². The number of ether oxygens (including phenoxy) is 1. The first-order valence-electron chi connectivity index (χ1n) is 16.1. The number of fused-ring (bicyclic) bond motifs is 5. The molecule has 3 saturated heterocycles. The van der Waals surface area contributed by atoms with Crippen LogP contribution in [-0.2, 0) is 32.0 Å². The number of aromatic nitrogens is 1. The molecule has 4 aliphatic heterocycles. The van der Waals surface area contributed by atoms with Crippen LogP contribution in [0.5, 0.6) is 0 Å². The Hall–Kier alpha value is -3.99. The van der Waals surface area contributed by atoms with E-state index in [2.05, 4.69) is 33.5 Å². The zero-order valence-electron chi connectivity index (χ0n) is 25.8. The topological polar surface area (TPSA) is 118 Å². The summed E-state index contributed by atoms with van der Waals surface area (Å²) in [5, 5.41) is 16.5. The standard InChI is InChI=1S/C35H39N5O5/c1-20(2)34(37-31(41)23-16-25-24-11-7-12-26-30(24)22(18-36-26)17-27(25)38(3)19-23)33(43)40-28(15-21-9-5-4-6-10-21)32(42)39-14-8-13-29(39)35(40,44)45-34/h4-7,9-12,16,18,20,23,27-29,36,44H,8,13-15,17,19H2,1-3H3,(H,37,41)/t23-,27-,28-,29-,34+,35-/m0/s1. The lowest BCUT2D eigenvalue weighted by molar-refractivity contribution is -0.321. The third-order valence-electron chi connectivity index (χ3n) is 10.8. The number of nitrogens with one attached hydrogen (secondary N) is 2. The van der Waals surface area contributed by atoms with Crippen molar-refractivity contribution in [1.82, 2.24) is 25.0 Å². The summed E-state index contributed by atoms with van der Waals surface area (Å²) >= 11 is 0. The summed E-state index contributed by atoms with van der Waals surface area (Å²) in [7, 11) is 2.03. The molecule has 3 N–H and O–H groups in total. The fourth-order valence-electron chi connectivity index (χ4n) is 8.47. The molecule has 6 atom stereocenters. The number of benzene rings is 2. The van der Waals surface area contributed by atoms with Crippen LogP contribution in [0.2, 0.25) is 0 Å². The van der Waals surface area contributed by atoms with Gasteiger partial charge in [-0.15, -0.1) is 0 Å². The summed E-state index contributed by atoms with van der Waals surface area (Å²) in [4.78, 5) is 51.2. The molecule has 3 aromatic rings. The highest BCUT2D eigenvalue weighted by Crippen LogP contribution is 2.48. The van der Waals surface area contributed by atoms with Gasteiger partial charge in [0.25, 0.3) is 11.8 Å². The second-order valence-electron chi connectivity index (χ2n) is 13.6. The van der Waals surface area contributed by atoms with E-state index in [1.165, 1.54) is 15.8 Å². The number of nitrogens with zero attached hydrogens (tertiary/aromatic N) is 3. The van der Waals surface area contributed by atoms with Crippen LogP contribution in [0.4, 0.5) is 0 Å². The number of hydrogen-bond donors (Lipinski definition) is 3. The molecule has 0 bridgehead atoms. The number of piperazine rings is 1. The van der Waals surface area contributed by atoms with Crippen molar-refractivity contribution < 1.29 is 24.2 Å². The van der Waals surface area contributed by atoms with Gasteiger partial charge in [0.1, 0.15) is 12.1 Å². The molecule has 0 saturated carbocycles. The smallest absolute Gasteiger partial charge is 0.281 e. The molecule has 0 unspecified atom stereocenters. The predicted octanol–water partition coefficient (Wildman–Crippen LogP) is 2.63. The largest absolute Gasteiger partial charge is 0.361 e. The number of aromatic amines is 1. The number of rotatable bonds is 5. The van der Waals surface area contributed by atoms with Crippen molar-refractivity contribution in [3.05, 3.63) is 77.5 Å². The zero-order valence-corrected chi connectivity index (χ0v) is 25.8. The first-order valence-corrected chi connectivity index (χ1v) is 16.1. The molecule has 10 heteroatoms. The average Bonchev–Trinajstić information content (AvgIpc) is 3.74. The van der Waals surface area contributed by atoms with Gasteiger partial charge >= 0.3 is 0 Å². The molecule has 3 amide bonds. The van der Waals surface area contributed by atoms with Gasteiger partial charge in [-0.05, 0) is 54.6 Å². The predicted molar refractivity (Wildman–Crippen MR) is 167 cm³/mol. The number of carbonyl (C=O) groups is 3. The van der Waals surface area contributed by atoms with Crippen LogP contribution >= 0.6 is 0 Å². The van der Waals surface area contributed by atoms with Gasteiger partial charge in [-0.3, -0.25) is 28.9 Å². The van der Waals surface area contributed by atoms with Crippen molar-refractivity contribution in [3.63, 3.8) is 0 Å². The van der Waals surface area contributed by atoms with E-state index in [1.54, 1.807) is 18.7 Å². The Labute approximate surface area is 262 Å². The molecule has 5 heterocycles.